The van der Waals surface area contributed by atoms with Crippen molar-refractivity contribution in [2.75, 3.05) is 5.43 Å². The molecule has 19 heavy (non-hydrogen) atoms. The van der Waals surface area contributed by atoms with Gasteiger partial charge in [-0.1, -0.05) is 12.1 Å². The van der Waals surface area contributed by atoms with Crippen molar-refractivity contribution >= 4 is 17.3 Å². The van der Waals surface area contributed by atoms with Gasteiger partial charge in [0.2, 0.25) is 11.9 Å². The molecule has 0 saturated heterocycles. The standard InChI is InChI=1S/C10H10N4O5/c15-10(6-5-9(6)14(18)19)12-11-7-3-1-2-4-8(7)13(16)17/h1-4,6,9,11H,5H2,(H,12,15)/t6-,9+/m0/s1. The number of amides is 1. The first-order valence-corrected chi connectivity index (χ1v) is 5.43. The molecule has 2 N–H and O–H groups in total. The minimum atomic E-state index is -0.854. The van der Waals surface area contributed by atoms with Gasteiger partial charge in [0.05, 0.1) is 4.92 Å². The summed E-state index contributed by atoms with van der Waals surface area (Å²) in [7, 11) is 0. The van der Waals surface area contributed by atoms with E-state index in [1.807, 2.05) is 0 Å². The molecule has 0 aliphatic heterocycles. The van der Waals surface area contributed by atoms with Gasteiger partial charge in [0.1, 0.15) is 11.6 Å². The van der Waals surface area contributed by atoms with Crippen molar-refractivity contribution in [3.05, 3.63) is 44.5 Å². The van der Waals surface area contributed by atoms with Gasteiger partial charge in [0.15, 0.2) is 0 Å². The Morgan fingerprint density at radius 3 is 2.53 bits per heavy atom. The summed E-state index contributed by atoms with van der Waals surface area (Å²) in [6.07, 6.45) is 0.192. The third kappa shape index (κ3) is 2.76. The Hall–Kier alpha value is -2.71. The molecule has 9 heteroatoms. The number of hydrazine groups is 1. The third-order valence-corrected chi connectivity index (χ3v) is 2.79. The molecule has 0 spiro atoms. The van der Waals surface area contributed by atoms with Crippen LogP contribution in [0.25, 0.3) is 0 Å². The topological polar surface area (TPSA) is 127 Å². The predicted molar refractivity (Wildman–Crippen MR) is 63.8 cm³/mol. The highest BCUT2D eigenvalue weighted by atomic mass is 16.6. The van der Waals surface area contributed by atoms with Crippen molar-refractivity contribution in [2.45, 2.75) is 12.5 Å². The molecule has 1 aliphatic carbocycles. The van der Waals surface area contributed by atoms with E-state index in [4.69, 9.17) is 0 Å². The van der Waals surface area contributed by atoms with Crippen LogP contribution in [0.4, 0.5) is 11.4 Å². The lowest BCUT2D eigenvalue weighted by Crippen LogP contribution is -2.32. The van der Waals surface area contributed by atoms with E-state index in [1.165, 1.54) is 18.2 Å². The Morgan fingerprint density at radius 2 is 1.95 bits per heavy atom. The summed E-state index contributed by atoms with van der Waals surface area (Å²) in [5.74, 6) is -1.22. The second-order valence-corrected chi connectivity index (χ2v) is 4.08. The summed E-state index contributed by atoms with van der Waals surface area (Å²) in [6, 6.07) is 4.92. The number of nitro groups is 2. The molecule has 0 radical (unpaired) electrons. The minimum Gasteiger partial charge on any atom is -0.292 e. The molecule has 1 aromatic rings. The number of hydrogen-bond acceptors (Lipinski definition) is 6. The molecule has 1 amide bonds. The monoisotopic (exact) mass is 266 g/mol. The number of benzene rings is 1. The average molecular weight is 266 g/mol. The zero-order valence-corrected chi connectivity index (χ0v) is 9.61. The van der Waals surface area contributed by atoms with Crippen molar-refractivity contribution < 1.29 is 14.6 Å². The third-order valence-electron chi connectivity index (χ3n) is 2.79. The molecular weight excluding hydrogens is 256 g/mol. The molecule has 2 rings (SSSR count). The molecule has 2 atom stereocenters. The Morgan fingerprint density at radius 1 is 1.26 bits per heavy atom. The molecule has 0 heterocycles. The second kappa shape index (κ2) is 4.88. The van der Waals surface area contributed by atoms with Crippen LogP contribution in [0.3, 0.4) is 0 Å². The number of para-hydroxylation sites is 2. The molecule has 1 aliphatic rings. The molecule has 9 nitrogen and oxygen atoms in total. The van der Waals surface area contributed by atoms with E-state index >= 15 is 0 Å². The lowest BCUT2D eigenvalue weighted by molar-refractivity contribution is -0.497. The van der Waals surface area contributed by atoms with Gasteiger partial charge in [-0.05, 0) is 6.07 Å². The molecule has 0 bridgehead atoms. The second-order valence-electron chi connectivity index (χ2n) is 4.08. The molecular formula is C10H10N4O5. The maximum absolute atomic E-state index is 11.5. The van der Waals surface area contributed by atoms with Crippen LogP contribution in [0.2, 0.25) is 0 Å². The Bertz CT molecular complexity index is 546. The number of hydrogen-bond donors (Lipinski definition) is 2. The average Bonchev–Trinajstić information content (AvgIpc) is 3.16. The summed E-state index contributed by atoms with van der Waals surface area (Å²) >= 11 is 0. The van der Waals surface area contributed by atoms with Crippen LogP contribution >= 0.6 is 0 Å². The van der Waals surface area contributed by atoms with Crippen molar-refractivity contribution in [1.82, 2.24) is 5.43 Å². The minimum absolute atomic E-state index is 0.124. The van der Waals surface area contributed by atoms with E-state index in [1.54, 1.807) is 6.07 Å². The van der Waals surface area contributed by atoms with E-state index in [9.17, 15) is 25.0 Å². The Kier molecular flexibility index (Phi) is 3.27. The first-order chi connectivity index (χ1) is 9.00. The van der Waals surface area contributed by atoms with Gasteiger partial charge >= 0.3 is 0 Å². The van der Waals surface area contributed by atoms with Gasteiger partial charge in [-0.3, -0.25) is 35.9 Å². The van der Waals surface area contributed by atoms with Crippen LogP contribution in [0, 0.1) is 26.1 Å². The maximum atomic E-state index is 11.5. The number of anilines is 1. The number of carbonyl (C=O) groups excluding carboxylic acids is 1. The van der Waals surface area contributed by atoms with Gasteiger partial charge < -0.3 is 0 Å². The lowest BCUT2D eigenvalue weighted by atomic mass is 10.3. The number of nitrogens with zero attached hydrogens (tertiary/aromatic N) is 2. The van der Waals surface area contributed by atoms with Gasteiger partial charge in [0.25, 0.3) is 5.69 Å². The fourth-order valence-electron chi connectivity index (χ4n) is 1.66. The normalized spacial score (nSPS) is 20.4. The highest BCUT2D eigenvalue weighted by molar-refractivity contribution is 5.83. The van der Waals surface area contributed by atoms with Crippen molar-refractivity contribution in [3.8, 4) is 0 Å². The molecule has 1 saturated carbocycles. The molecule has 1 aromatic carbocycles. The summed E-state index contributed by atoms with van der Waals surface area (Å²) < 4.78 is 0. The zero-order chi connectivity index (χ0) is 14.0. The largest absolute Gasteiger partial charge is 0.294 e. The number of nitro benzene ring substituents is 1. The van der Waals surface area contributed by atoms with Crippen LogP contribution in [0.1, 0.15) is 6.42 Å². The molecule has 1 fully saturated rings. The summed E-state index contributed by atoms with van der Waals surface area (Å²) in [5, 5.41) is 21.1. The zero-order valence-electron chi connectivity index (χ0n) is 9.61. The number of nitrogens with one attached hydrogen (secondary N) is 2. The van der Waals surface area contributed by atoms with Crippen molar-refractivity contribution in [3.63, 3.8) is 0 Å². The Balaban J connectivity index is 1.95. The fourth-order valence-corrected chi connectivity index (χ4v) is 1.66. The van der Waals surface area contributed by atoms with Crippen LogP contribution in [-0.2, 0) is 4.79 Å². The molecule has 0 aromatic heterocycles. The first-order valence-electron chi connectivity index (χ1n) is 5.43. The molecule has 0 unspecified atom stereocenters. The van der Waals surface area contributed by atoms with Gasteiger partial charge in [0, 0.05) is 17.4 Å². The smallest absolute Gasteiger partial charge is 0.292 e. The summed E-state index contributed by atoms with van der Waals surface area (Å²) in [5.41, 5.74) is 4.59. The predicted octanol–water partition coefficient (Wildman–Crippen LogP) is 0.703. The van der Waals surface area contributed by atoms with Crippen LogP contribution in [0.15, 0.2) is 24.3 Å². The fraction of sp³-hybridized carbons (Fsp3) is 0.300. The van der Waals surface area contributed by atoms with E-state index in [0.717, 1.165) is 0 Å². The van der Waals surface area contributed by atoms with Gasteiger partial charge in [-0.15, -0.1) is 0 Å². The van der Waals surface area contributed by atoms with Crippen LogP contribution in [0.5, 0.6) is 0 Å². The maximum Gasteiger partial charge on any atom is 0.294 e. The highest BCUT2D eigenvalue weighted by Crippen LogP contribution is 2.33. The van der Waals surface area contributed by atoms with Gasteiger partial charge in [-0.2, -0.15) is 0 Å². The van der Waals surface area contributed by atoms with E-state index in [2.05, 4.69) is 10.9 Å². The van der Waals surface area contributed by atoms with E-state index in [0.29, 0.717) is 0 Å². The summed E-state index contributed by atoms with van der Waals surface area (Å²) in [6.45, 7) is 0. The lowest BCUT2D eigenvalue weighted by Gasteiger charge is -2.07. The SMILES string of the molecule is O=C(NNc1ccccc1[N+](=O)[O-])[C@H]1C[C@H]1[N+](=O)[O-]. The molecule has 100 valence electrons. The van der Waals surface area contributed by atoms with Crippen LogP contribution < -0.4 is 10.9 Å². The van der Waals surface area contributed by atoms with Gasteiger partial charge in [-0.25, -0.2) is 0 Å². The number of rotatable bonds is 5. The van der Waals surface area contributed by atoms with Crippen molar-refractivity contribution in [2.24, 2.45) is 5.92 Å². The first kappa shape index (κ1) is 12.7. The van der Waals surface area contributed by atoms with E-state index in [-0.39, 0.29) is 17.8 Å². The van der Waals surface area contributed by atoms with Crippen molar-refractivity contribution in [1.29, 1.82) is 0 Å². The quantitative estimate of drug-likeness (QED) is 0.596. The summed E-state index contributed by atoms with van der Waals surface area (Å²) in [4.78, 5) is 31.6. The highest BCUT2D eigenvalue weighted by Gasteiger charge is 2.53. The van der Waals surface area contributed by atoms with E-state index < -0.39 is 27.7 Å². The van der Waals surface area contributed by atoms with Crippen LogP contribution in [-0.4, -0.2) is 21.8 Å². The Labute approximate surface area is 106 Å². The number of carbonyl (C=O) groups is 1.